The summed E-state index contributed by atoms with van der Waals surface area (Å²) in [5.41, 5.74) is 5.65. The Morgan fingerprint density at radius 2 is 1.70 bits per heavy atom. The van der Waals surface area contributed by atoms with Gasteiger partial charge in [0.2, 0.25) is 0 Å². The van der Waals surface area contributed by atoms with Crippen LogP contribution in [-0.2, 0) is 14.3 Å². The van der Waals surface area contributed by atoms with Gasteiger partial charge in [0.05, 0.1) is 5.57 Å². The number of amides is 2. The van der Waals surface area contributed by atoms with Gasteiger partial charge in [0.1, 0.15) is 5.70 Å². The highest BCUT2D eigenvalue weighted by Crippen LogP contribution is 2.33. The van der Waals surface area contributed by atoms with Gasteiger partial charge in [0.15, 0.2) is 0 Å². The van der Waals surface area contributed by atoms with Gasteiger partial charge in [-0.05, 0) is 55.0 Å². The van der Waals surface area contributed by atoms with Crippen LogP contribution in [0.15, 0.2) is 48.2 Å². The van der Waals surface area contributed by atoms with Gasteiger partial charge in [-0.2, -0.15) is 0 Å². The molecule has 0 saturated heterocycles. The summed E-state index contributed by atoms with van der Waals surface area (Å²) in [5, 5.41) is 3.23. The number of carbonyl (C=O) groups excluding carboxylic acids is 2. The van der Waals surface area contributed by atoms with Crippen molar-refractivity contribution in [3.8, 4) is 0 Å². The van der Waals surface area contributed by atoms with Gasteiger partial charge in [-0.3, -0.25) is 14.5 Å². The molecule has 5 heteroatoms. The van der Waals surface area contributed by atoms with Crippen molar-refractivity contribution in [2.24, 2.45) is 0 Å². The average Bonchev–Trinajstić information content (AvgIpc) is 2.93. The number of nitrogens with one attached hydrogen (secondary N) is 1. The fourth-order valence-corrected chi connectivity index (χ4v) is 3.70. The van der Waals surface area contributed by atoms with Crippen molar-refractivity contribution in [3.05, 3.63) is 70.4 Å². The third-order valence-electron chi connectivity index (χ3n) is 5.40. The molecular weight excluding hydrogens is 376 g/mol. The van der Waals surface area contributed by atoms with Crippen LogP contribution in [0.2, 0.25) is 0 Å². The van der Waals surface area contributed by atoms with Crippen molar-refractivity contribution in [2.45, 2.75) is 40.0 Å². The van der Waals surface area contributed by atoms with E-state index in [1.807, 2.05) is 56.3 Å². The standard InChI is InChI=1S/C25H30N2O3/c1-16(2)19-8-10-20(11-9-19)26-23-22(21-12-7-17(3)15-18(21)4)24(28)27(25(23)29)13-6-14-30-5/h7-12,15-16,26H,6,13-14H2,1-5H3. The molecule has 2 aromatic carbocycles. The first-order valence-corrected chi connectivity index (χ1v) is 10.4. The van der Waals surface area contributed by atoms with Gasteiger partial charge in [0, 0.05) is 25.9 Å². The SMILES string of the molecule is COCCCN1C(=O)C(Nc2ccc(C(C)C)cc2)=C(c2ccc(C)cc2C)C1=O. The molecule has 3 rings (SSSR count). The lowest BCUT2D eigenvalue weighted by molar-refractivity contribution is -0.137. The molecule has 2 amide bonds. The number of hydrogen-bond acceptors (Lipinski definition) is 4. The van der Waals surface area contributed by atoms with Crippen LogP contribution in [0.1, 0.15) is 48.4 Å². The normalized spacial score (nSPS) is 14.3. The molecule has 158 valence electrons. The third kappa shape index (κ3) is 4.46. The molecule has 0 atom stereocenters. The molecule has 0 aliphatic carbocycles. The number of benzene rings is 2. The van der Waals surface area contributed by atoms with Gasteiger partial charge < -0.3 is 10.1 Å². The van der Waals surface area contributed by atoms with E-state index in [9.17, 15) is 9.59 Å². The van der Waals surface area contributed by atoms with Crippen LogP contribution in [0, 0.1) is 13.8 Å². The summed E-state index contributed by atoms with van der Waals surface area (Å²) < 4.78 is 5.09. The second kappa shape index (κ2) is 9.26. The molecule has 1 aliphatic rings. The highest BCUT2D eigenvalue weighted by atomic mass is 16.5. The second-order valence-electron chi connectivity index (χ2n) is 8.08. The number of aryl methyl sites for hydroxylation is 2. The molecule has 1 aliphatic heterocycles. The lowest BCUT2D eigenvalue weighted by atomic mass is 9.97. The number of imide groups is 1. The molecule has 0 unspecified atom stereocenters. The Hall–Kier alpha value is -2.92. The lowest BCUT2D eigenvalue weighted by Crippen LogP contribution is -2.34. The van der Waals surface area contributed by atoms with Crippen LogP contribution in [0.5, 0.6) is 0 Å². The van der Waals surface area contributed by atoms with Crippen molar-refractivity contribution in [1.29, 1.82) is 0 Å². The number of nitrogens with zero attached hydrogens (tertiary/aromatic N) is 1. The summed E-state index contributed by atoms with van der Waals surface area (Å²) in [4.78, 5) is 27.8. The summed E-state index contributed by atoms with van der Waals surface area (Å²) in [6, 6.07) is 13.9. The minimum atomic E-state index is -0.293. The van der Waals surface area contributed by atoms with E-state index in [-0.39, 0.29) is 11.8 Å². The number of methoxy groups -OCH3 is 1. The quantitative estimate of drug-likeness (QED) is 0.512. The lowest BCUT2D eigenvalue weighted by Gasteiger charge is -2.15. The largest absolute Gasteiger partial charge is 0.385 e. The zero-order valence-corrected chi connectivity index (χ0v) is 18.4. The molecule has 5 nitrogen and oxygen atoms in total. The Bertz CT molecular complexity index is 974. The summed E-state index contributed by atoms with van der Waals surface area (Å²) in [6.45, 7) is 9.09. The number of anilines is 1. The van der Waals surface area contributed by atoms with Crippen molar-refractivity contribution < 1.29 is 14.3 Å². The van der Waals surface area contributed by atoms with Crippen LogP contribution in [0.3, 0.4) is 0 Å². The fourth-order valence-electron chi connectivity index (χ4n) is 3.70. The summed E-state index contributed by atoms with van der Waals surface area (Å²) in [5.74, 6) is -0.127. The summed E-state index contributed by atoms with van der Waals surface area (Å²) in [6.07, 6.45) is 0.602. The van der Waals surface area contributed by atoms with E-state index in [2.05, 4.69) is 19.2 Å². The van der Waals surface area contributed by atoms with Crippen LogP contribution in [0.4, 0.5) is 5.69 Å². The average molecular weight is 407 g/mol. The van der Waals surface area contributed by atoms with Crippen LogP contribution in [-0.4, -0.2) is 37.0 Å². The summed E-state index contributed by atoms with van der Waals surface area (Å²) >= 11 is 0. The Balaban J connectivity index is 2.00. The molecule has 0 aromatic heterocycles. The van der Waals surface area contributed by atoms with Crippen molar-refractivity contribution in [3.63, 3.8) is 0 Å². The smallest absolute Gasteiger partial charge is 0.278 e. The highest BCUT2D eigenvalue weighted by Gasteiger charge is 2.39. The third-order valence-corrected chi connectivity index (χ3v) is 5.40. The molecule has 0 bridgehead atoms. The van der Waals surface area contributed by atoms with Gasteiger partial charge in [-0.25, -0.2) is 0 Å². The van der Waals surface area contributed by atoms with E-state index in [1.54, 1.807) is 7.11 Å². The van der Waals surface area contributed by atoms with Gasteiger partial charge >= 0.3 is 0 Å². The number of ether oxygens (including phenoxy) is 1. The maximum Gasteiger partial charge on any atom is 0.278 e. The predicted octanol–water partition coefficient (Wildman–Crippen LogP) is 4.66. The van der Waals surface area contributed by atoms with Crippen LogP contribution in [0.25, 0.3) is 5.57 Å². The van der Waals surface area contributed by atoms with Crippen molar-refractivity contribution >= 4 is 23.1 Å². The molecule has 2 aromatic rings. The Morgan fingerprint density at radius 3 is 2.30 bits per heavy atom. The minimum Gasteiger partial charge on any atom is -0.385 e. The fraction of sp³-hybridized carbons (Fsp3) is 0.360. The maximum atomic E-state index is 13.3. The van der Waals surface area contributed by atoms with Crippen LogP contribution < -0.4 is 5.32 Å². The first kappa shape index (κ1) is 21.8. The zero-order valence-electron chi connectivity index (χ0n) is 18.4. The van der Waals surface area contributed by atoms with E-state index in [0.717, 1.165) is 22.4 Å². The molecule has 30 heavy (non-hydrogen) atoms. The maximum absolute atomic E-state index is 13.3. The first-order chi connectivity index (χ1) is 14.3. The molecular formula is C25H30N2O3. The number of rotatable bonds is 8. The Morgan fingerprint density at radius 1 is 1.00 bits per heavy atom. The summed E-state index contributed by atoms with van der Waals surface area (Å²) in [7, 11) is 1.61. The second-order valence-corrected chi connectivity index (χ2v) is 8.08. The topological polar surface area (TPSA) is 58.6 Å². The van der Waals surface area contributed by atoms with E-state index >= 15 is 0 Å². The van der Waals surface area contributed by atoms with Crippen LogP contribution >= 0.6 is 0 Å². The van der Waals surface area contributed by atoms with Gasteiger partial charge in [-0.15, -0.1) is 0 Å². The van der Waals surface area contributed by atoms with E-state index in [1.165, 1.54) is 10.5 Å². The number of carbonyl (C=O) groups is 2. The Kier molecular flexibility index (Phi) is 6.73. The van der Waals surface area contributed by atoms with Gasteiger partial charge in [-0.1, -0.05) is 49.7 Å². The molecule has 0 spiro atoms. The molecule has 0 fully saturated rings. The zero-order chi connectivity index (χ0) is 21.8. The first-order valence-electron chi connectivity index (χ1n) is 10.4. The van der Waals surface area contributed by atoms with Gasteiger partial charge in [0.25, 0.3) is 11.8 Å². The van der Waals surface area contributed by atoms with E-state index in [0.29, 0.717) is 36.8 Å². The van der Waals surface area contributed by atoms with E-state index < -0.39 is 0 Å². The van der Waals surface area contributed by atoms with E-state index in [4.69, 9.17) is 4.74 Å². The molecule has 0 radical (unpaired) electrons. The highest BCUT2D eigenvalue weighted by molar-refractivity contribution is 6.36. The Labute approximate surface area is 178 Å². The molecule has 0 saturated carbocycles. The molecule has 1 N–H and O–H groups in total. The predicted molar refractivity (Wildman–Crippen MR) is 120 cm³/mol. The van der Waals surface area contributed by atoms with Crippen molar-refractivity contribution in [1.82, 2.24) is 4.90 Å². The molecule has 1 heterocycles. The number of hydrogen-bond donors (Lipinski definition) is 1. The monoisotopic (exact) mass is 406 g/mol. The van der Waals surface area contributed by atoms with Crippen molar-refractivity contribution in [2.75, 3.05) is 25.6 Å². The minimum absolute atomic E-state index is 0.260.